The number of hydrogen-bond acceptors (Lipinski definition) is 2. The average molecular weight is 362 g/mol. The highest BCUT2D eigenvalue weighted by molar-refractivity contribution is 5.94. The van der Waals surface area contributed by atoms with Crippen molar-refractivity contribution in [2.45, 2.75) is 32.2 Å². The number of aryl methyl sites for hydroxylation is 1. The molecule has 3 aliphatic rings. The number of carbonyl (C=O) groups is 2. The molecular weight excluding hydrogens is 336 g/mol. The van der Waals surface area contributed by atoms with Gasteiger partial charge in [0, 0.05) is 31.2 Å². The number of amides is 2. The lowest BCUT2D eigenvalue weighted by atomic mass is 9.94. The summed E-state index contributed by atoms with van der Waals surface area (Å²) >= 11 is 0. The Morgan fingerprint density at radius 2 is 1.67 bits per heavy atom. The zero-order valence-electron chi connectivity index (χ0n) is 15.8. The molecule has 4 nitrogen and oxygen atoms in total. The van der Waals surface area contributed by atoms with Gasteiger partial charge in [0.25, 0.3) is 5.91 Å². The number of hydrogen-bond donors (Lipinski definition) is 0. The van der Waals surface area contributed by atoms with E-state index < -0.39 is 0 Å². The Bertz CT molecular complexity index is 833. The van der Waals surface area contributed by atoms with Gasteiger partial charge in [-0.2, -0.15) is 0 Å². The van der Waals surface area contributed by atoms with E-state index in [1.165, 1.54) is 0 Å². The van der Waals surface area contributed by atoms with Crippen LogP contribution in [0.25, 0.3) is 0 Å². The summed E-state index contributed by atoms with van der Waals surface area (Å²) in [5.41, 5.74) is 2.99. The first-order valence-corrected chi connectivity index (χ1v) is 9.80. The Kier molecular flexibility index (Phi) is 4.97. The lowest BCUT2D eigenvalue weighted by molar-refractivity contribution is -0.134. The van der Waals surface area contributed by atoms with Crippen LogP contribution in [0, 0.1) is 12.8 Å². The van der Waals surface area contributed by atoms with Crippen molar-refractivity contribution >= 4 is 11.8 Å². The molecule has 2 aromatic rings. The van der Waals surface area contributed by atoms with E-state index in [0.717, 1.165) is 42.6 Å². The minimum atomic E-state index is 0.0840. The van der Waals surface area contributed by atoms with Gasteiger partial charge in [0.05, 0.1) is 6.42 Å². The SMILES string of the molecule is Cc1ccccc1CC(=O)N1C[C@H]2CC[C@@H]1CN(C(=O)c1ccccc1)C2. The van der Waals surface area contributed by atoms with Crippen LogP contribution in [0.4, 0.5) is 0 Å². The number of nitrogens with zero attached hydrogens (tertiary/aromatic N) is 2. The molecule has 0 spiro atoms. The average Bonchev–Trinajstić information content (AvgIpc) is 3.02. The highest BCUT2D eigenvalue weighted by atomic mass is 16.2. The van der Waals surface area contributed by atoms with Crippen LogP contribution in [-0.2, 0) is 11.2 Å². The molecule has 3 saturated heterocycles. The van der Waals surface area contributed by atoms with Gasteiger partial charge in [-0.05, 0) is 48.9 Å². The zero-order valence-corrected chi connectivity index (χ0v) is 15.8. The van der Waals surface area contributed by atoms with Gasteiger partial charge in [0.15, 0.2) is 0 Å². The summed E-state index contributed by atoms with van der Waals surface area (Å²) in [6.07, 6.45) is 2.53. The molecule has 2 aromatic carbocycles. The molecule has 27 heavy (non-hydrogen) atoms. The number of piperidine rings is 1. The van der Waals surface area contributed by atoms with Crippen molar-refractivity contribution in [2.75, 3.05) is 19.6 Å². The van der Waals surface area contributed by atoms with E-state index in [2.05, 4.69) is 13.0 Å². The molecule has 2 bridgehead atoms. The molecule has 2 atom stereocenters. The third kappa shape index (κ3) is 3.75. The second-order valence-electron chi connectivity index (χ2n) is 7.82. The third-order valence-electron chi connectivity index (χ3n) is 5.94. The summed E-state index contributed by atoms with van der Waals surface area (Å²) in [4.78, 5) is 29.9. The van der Waals surface area contributed by atoms with Gasteiger partial charge in [0.2, 0.25) is 5.91 Å². The molecule has 0 unspecified atom stereocenters. The van der Waals surface area contributed by atoms with Crippen LogP contribution in [0.1, 0.15) is 34.3 Å². The molecule has 0 aliphatic carbocycles. The first-order valence-electron chi connectivity index (χ1n) is 9.80. The highest BCUT2D eigenvalue weighted by Crippen LogP contribution is 2.29. The Labute approximate surface area is 160 Å². The third-order valence-corrected chi connectivity index (χ3v) is 5.94. The maximum absolute atomic E-state index is 13.0. The van der Waals surface area contributed by atoms with Crippen LogP contribution in [-0.4, -0.2) is 47.3 Å². The summed E-state index contributed by atoms with van der Waals surface area (Å²) in [5, 5.41) is 0. The zero-order chi connectivity index (χ0) is 18.8. The fraction of sp³-hybridized carbons (Fsp3) is 0.391. The molecule has 0 aromatic heterocycles. The van der Waals surface area contributed by atoms with Crippen LogP contribution < -0.4 is 0 Å². The molecule has 4 heteroatoms. The molecule has 0 radical (unpaired) electrons. The molecule has 140 valence electrons. The Morgan fingerprint density at radius 3 is 2.44 bits per heavy atom. The Morgan fingerprint density at radius 1 is 0.926 bits per heavy atom. The lowest BCUT2D eigenvalue weighted by Crippen LogP contribution is -2.48. The molecule has 5 rings (SSSR count). The summed E-state index contributed by atoms with van der Waals surface area (Å²) < 4.78 is 0. The second-order valence-corrected chi connectivity index (χ2v) is 7.82. The molecule has 3 fully saturated rings. The van der Waals surface area contributed by atoms with E-state index in [1.807, 2.05) is 58.3 Å². The van der Waals surface area contributed by atoms with E-state index in [9.17, 15) is 9.59 Å². The van der Waals surface area contributed by atoms with Gasteiger partial charge in [-0.1, -0.05) is 42.5 Å². The Balaban J connectivity index is 1.49. The maximum Gasteiger partial charge on any atom is 0.253 e. The quantitative estimate of drug-likeness (QED) is 0.841. The summed E-state index contributed by atoms with van der Waals surface area (Å²) in [7, 11) is 0. The molecule has 3 aliphatic heterocycles. The molecule has 0 saturated carbocycles. The smallest absolute Gasteiger partial charge is 0.253 e. The minimum absolute atomic E-state index is 0.0840. The molecular formula is C23H26N2O2. The lowest BCUT2D eigenvalue weighted by Gasteiger charge is -2.36. The predicted octanol–water partition coefficient (Wildman–Crippen LogP) is 3.30. The van der Waals surface area contributed by atoms with Crippen LogP contribution in [0.3, 0.4) is 0 Å². The van der Waals surface area contributed by atoms with E-state index >= 15 is 0 Å². The van der Waals surface area contributed by atoms with Crippen molar-refractivity contribution in [3.8, 4) is 0 Å². The Hall–Kier alpha value is -2.62. The largest absolute Gasteiger partial charge is 0.337 e. The highest BCUT2D eigenvalue weighted by Gasteiger charge is 2.38. The van der Waals surface area contributed by atoms with E-state index in [0.29, 0.717) is 18.9 Å². The van der Waals surface area contributed by atoms with Gasteiger partial charge < -0.3 is 9.80 Å². The summed E-state index contributed by atoms with van der Waals surface area (Å²) in [6.45, 7) is 4.22. The van der Waals surface area contributed by atoms with E-state index in [-0.39, 0.29) is 17.9 Å². The number of fused-ring (bicyclic) bond motifs is 4. The van der Waals surface area contributed by atoms with Gasteiger partial charge >= 0.3 is 0 Å². The topological polar surface area (TPSA) is 40.6 Å². The first-order chi connectivity index (χ1) is 13.1. The van der Waals surface area contributed by atoms with Gasteiger partial charge in [-0.15, -0.1) is 0 Å². The summed E-state index contributed by atoms with van der Waals surface area (Å²) in [6, 6.07) is 17.7. The van der Waals surface area contributed by atoms with Crippen molar-refractivity contribution in [1.29, 1.82) is 0 Å². The van der Waals surface area contributed by atoms with Gasteiger partial charge in [-0.25, -0.2) is 0 Å². The molecule has 3 heterocycles. The molecule has 2 amide bonds. The molecule has 0 N–H and O–H groups in total. The van der Waals surface area contributed by atoms with Crippen LogP contribution >= 0.6 is 0 Å². The number of rotatable bonds is 3. The van der Waals surface area contributed by atoms with Gasteiger partial charge in [0.1, 0.15) is 0 Å². The standard InChI is InChI=1S/C23H26N2O2/c1-17-7-5-6-10-20(17)13-22(26)25-15-18-11-12-21(25)16-24(14-18)23(27)19-8-3-2-4-9-19/h2-10,18,21H,11-16H2,1H3/t18-,21+/m0/s1. The van der Waals surface area contributed by atoms with Crippen LogP contribution in [0.15, 0.2) is 54.6 Å². The van der Waals surface area contributed by atoms with Gasteiger partial charge in [-0.3, -0.25) is 9.59 Å². The normalized spacial score (nSPS) is 21.8. The fourth-order valence-electron chi connectivity index (χ4n) is 4.39. The predicted molar refractivity (Wildman–Crippen MR) is 105 cm³/mol. The van der Waals surface area contributed by atoms with Crippen LogP contribution in [0.2, 0.25) is 0 Å². The van der Waals surface area contributed by atoms with Crippen molar-refractivity contribution in [2.24, 2.45) is 5.92 Å². The van der Waals surface area contributed by atoms with Crippen molar-refractivity contribution in [3.63, 3.8) is 0 Å². The van der Waals surface area contributed by atoms with E-state index in [1.54, 1.807) is 0 Å². The monoisotopic (exact) mass is 362 g/mol. The van der Waals surface area contributed by atoms with Crippen molar-refractivity contribution in [1.82, 2.24) is 9.80 Å². The van der Waals surface area contributed by atoms with E-state index in [4.69, 9.17) is 0 Å². The summed E-state index contributed by atoms with van der Waals surface area (Å²) in [5.74, 6) is 0.644. The van der Waals surface area contributed by atoms with Crippen molar-refractivity contribution in [3.05, 3.63) is 71.3 Å². The number of benzene rings is 2. The minimum Gasteiger partial charge on any atom is -0.337 e. The fourth-order valence-corrected chi connectivity index (χ4v) is 4.39. The first kappa shape index (κ1) is 17.8. The van der Waals surface area contributed by atoms with Crippen molar-refractivity contribution < 1.29 is 9.59 Å². The maximum atomic E-state index is 13.0. The van der Waals surface area contributed by atoms with Crippen LogP contribution in [0.5, 0.6) is 0 Å². The second kappa shape index (κ2) is 7.55. The number of carbonyl (C=O) groups excluding carboxylic acids is 2.